The molecule has 4 rings (SSSR count). The van der Waals surface area contributed by atoms with Gasteiger partial charge in [0.1, 0.15) is 4.90 Å². The van der Waals surface area contributed by atoms with Gasteiger partial charge in [-0.05, 0) is 42.7 Å². The zero-order chi connectivity index (χ0) is 21.1. The highest BCUT2D eigenvalue weighted by atomic mass is 32.2. The third-order valence-electron chi connectivity index (χ3n) is 4.89. The Bertz CT molecular complexity index is 1210. The van der Waals surface area contributed by atoms with E-state index in [0.29, 0.717) is 5.69 Å². The first-order chi connectivity index (χ1) is 14.4. The van der Waals surface area contributed by atoms with Crippen LogP contribution in [0.25, 0.3) is 22.4 Å². The van der Waals surface area contributed by atoms with Crippen LogP contribution < -0.4 is 4.18 Å². The van der Waals surface area contributed by atoms with Crippen molar-refractivity contribution < 1.29 is 12.6 Å². The molecule has 3 aromatic carbocycles. The summed E-state index contributed by atoms with van der Waals surface area (Å²) in [6.45, 7) is 3.88. The van der Waals surface area contributed by atoms with Gasteiger partial charge in [-0.25, -0.2) is 4.98 Å². The molecule has 150 valence electrons. The lowest BCUT2D eigenvalue weighted by molar-refractivity contribution is 0.476. The average Bonchev–Trinajstić information content (AvgIpc) is 2.76. The Morgan fingerprint density at radius 2 is 1.30 bits per heavy atom. The molecule has 0 saturated carbocycles. The Morgan fingerprint density at radius 1 is 0.733 bits per heavy atom. The highest BCUT2D eigenvalue weighted by Crippen LogP contribution is 2.34. The van der Waals surface area contributed by atoms with Gasteiger partial charge in [-0.1, -0.05) is 78.4 Å². The van der Waals surface area contributed by atoms with E-state index in [0.717, 1.165) is 27.8 Å². The molecular weight excluding hydrogens is 394 g/mol. The van der Waals surface area contributed by atoms with Crippen molar-refractivity contribution in [3.8, 4) is 28.3 Å². The van der Waals surface area contributed by atoms with Crippen LogP contribution >= 0.6 is 0 Å². The Morgan fingerprint density at radius 3 is 1.90 bits per heavy atom. The van der Waals surface area contributed by atoms with Gasteiger partial charge in [0, 0.05) is 11.6 Å². The normalized spacial score (nSPS) is 11.3. The van der Waals surface area contributed by atoms with Crippen molar-refractivity contribution in [3.05, 3.63) is 102 Å². The lowest BCUT2D eigenvalue weighted by atomic mass is 9.97. The molecule has 5 heteroatoms. The van der Waals surface area contributed by atoms with E-state index in [1.807, 2.05) is 74.5 Å². The Hall–Kier alpha value is -3.44. The number of benzene rings is 3. The summed E-state index contributed by atoms with van der Waals surface area (Å²) >= 11 is 0. The molecule has 0 radical (unpaired) electrons. The van der Waals surface area contributed by atoms with Gasteiger partial charge < -0.3 is 4.18 Å². The second-order valence-corrected chi connectivity index (χ2v) is 8.61. The van der Waals surface area contributed by atoms with Crippen LogP contribution in [0.4, 0.5) is 0 Å². The van der Waals surface area contributed by atoms with Crippen LogP contribution in [0, 0.1) is 13.8 Å². The SMILES string of the molecule is Cc1ccc(S(=O)(=O)Oc2cc(-c3ccccc3)c(C)c(-c3ccccc3)n2)cc1. The second-order valence-electron chi connectivity index (χ2n) is 7.06. The van der Waals surface area contributed by atoms with Gasteiger partial charge in [0.2, 0.25) is 5.88 Å². The van der Waals surface area contributed by atoms with Crippen LogP contribution in [0.1, 0.15) is 11.1 Å². The van der Waals surface area contributed by atoms with Gasteiger partial charge in [-0.2, -0.15) is 8.42 Å². The lowest BCUT2D eigenvalue weighted by Gasteiger charge is -2.15. The van der Waals surface area contributed by atoms with Gasteiger partial charge in [0.05, 0.1) is 5.69 Å². The summed E-state index contributed by atoms with van der Waals surface area (Å²) in [6, 6.07) is 27.7. The van der Waals surface area contributed by atoms with Crippen molar-refractivity contribution in [1.82, 2.24) is 4.98 Å². The summed E-state index contributed by atoms with van der Waals surface area (Å²) in [4.78, 5) is 4.65. The van der Waals surface area contributed by atoms with E-state index in [4.69, 9.17) is 4.18 Å². The van der Waals surface area contributed by atoms with Crippen molar-refractivity contribution in [1.29, 1.82) is 0 Å². The third-order valence-corrected chi connectivity index (χ3v) is 6.13. The highest BCUT2D eigenvalue weighted by molar-refractivity contribution is 7.87. The number of hydrogen-bond acceptors (Lipinski definition) is 4. The molecule has 0 spiro atoms. The molecule has 0 aliphatic carbocycles. The lowest BCUT2D eigenvalue weighted by Crippen LogP contribution is -2.11. The van der Waals surface area contributed by atoms with Gasteiger partial charge >= 0.3 is 10.1 Å². The average molecular weight is 416 g/mol. The first-order valence-electron chi connectivity index (χ1n) is 9.58. The summed E-state index contributed by atoms with van der Waals surface area (Å²) in [5, 5.41) is 0. The van der Waals surface area contributed by atoms with E-state index in [9.17, 15) is 8.42 Å². The van der Waals surface area contributed by atoms with E-state index in [2.05, 4.69) is 4.98 Å². The van der Waals surface area contributed by atoms with Gasteiger partial charge in [-0.15, -0.1) is 0 Å². The zero-order valence-corrected chi connectivity index (χ0v) is 17.6. The number of rotatable bonds is 5. The molecule has 1 aromatic heterocycles. The third kappa shape index (κ3) is 4.11. The first kappa shape index (κ1) is 19.9. The summed E-state index contributed by atoms with van der Waals surface area (Å²) < 4.78 is 31.1. The quantitative estimate of drug-likeness (QED) is 0.387. The maximum atomic E-state index is 12.8. The predicted octanol–water partition coefficient (Wildman–Crippen LogP) is 5.80. The fourth-order valence-corrected chi connectivity index (χ4v) is 4.16. The standard InChI is InChI=1S/C25H21NO3S/c1-18-13-15-22(16-14-18)30(27,28)29-24-17-23(20-9-5-3-6-10-20)19(2)25(26-24)21-11-7-4-8-12-21/h3-17H,1-2H3. The van der Waals surface area contributed by atoms with Gasteiger partial charge in [0.15, 0.2) is 0 Å². The molecule has 0 fully saturated rings. The fourth-order valence-electron chi connectivity index (χ4n) is 3.29. The first-order valence-corrected chi connectivity index (χ1v) is 11.0. The van der Waals surface area contributed by atoms with Crippen LogP contribution in [0.2, 0.25) is 0 Å². The molecule has 4 aromatic rings. The zero-order valence-electron chi connectivity index (χ0n) is 16.7. The highest BCUT2D eigenvalue weighted by Gasteiger charge is 2.20. The van der Waals surface area contributed by atoms with E-state index in [1.54, 1.807) is 18.2 Å². The Balaban J connectivity index is 1.84. The molecular formula is C25H21NO3S. The summed E-state index contributed by atoms with van der Waals surface area (Å²) in [6.07, 6.45) is 0. The molecule has 0 N–H and O–H groups in total. The largest absolute Gasteiger partial charge is 0.358 e. The molecule has 0 aliphatic rings. The van der Waals surface area contributed by atoms with Crippen molar-refractivity contribution in [3.63, 3.8) is 0 Å². The van der Waals surface area contributed by atoms with Crippen LogP contribution in [-0.4, -0.2) is 13.4 Å². The summed E-state index contributed by atoms with van der Waals surface area (Å²) in [5.74, 6) is 0.0406. The van der Waals surface area contributed by atoms with E-state index in [1.165, 1.54) is 12.1 Å². The topological polar surface area (TPSA) is 56.3 Å². The van der Waals surface area contributed by atoms with Crippen LogP contribution in [-0.2, 0) is 10.1 Å². The fraction of sp³-hybridized carbons (Fsp3) is 0.0800. The number of pyridine rings is 1. The minimum absolute atomic E-state index is 0.0406. The molecule has 0 amide bonds. The van der Waals surface area contributed by atoms with Crippen LogP contribution in [0.5, 0.6) is 5.88 Å². The smallest absolute Gasteiger partial charge is 0.340 e. The summed E-state index contributed by atoms with van der Waals surface area (Å²) in [5.41, 5.74) is 5.34. The monoisotopic (exact) mass is 415 g/mol. The van der Waals surface area contributed by atoms with Crippen molar-refractivity contribution in [2.45, 2.75) is 18.7 Å². The number of nitrogens with zero attached hydrogens (tertiary/aromatic N) is 1. The molecule has 0 aliphatic heterocycles. The number of aryl methyl sites for hydroxylation is 1. The maximum absolute atomic E-state index is 12.8. The van der Waals surface area contributed by atoms with E-state index >= 15 is 0 Å². The molecule has 0 unspecified atom stereocenters. The molecule has 0 saturated heterocycles. The van der Waals surface area contributed by atoms with Gasteiger partial charge in [0.25, 0.3) is 0 Å². The minimum atomic E-state index is -4.00. The minimum Gasteiger partial charge on any atom is -0.358 e. The predicted molar refractivity (Wildman–Crippen MR) is 119 cm³/mol. The van der Waals surface area contributed by atoms with Crippen molar-refractivity contribution in [2.75, 3.05) is 0 Å². The Labute approximate surface area is 177 Å². The van der Waals surface area contributed by atoms with Crippen molar-refractivity contribution in [2.24, 2.45) is 0 Å². The summed E-state index contributed by atoms with van der Waals surface area (Å²) in [7, 11) is -4.00. The number of aromatic nitrogens is 1. The Kier molecular flexibility index (Phi) is 5.38. The van der Waals surface area contributed by atoms with E-state index in [-0.39, 0.29) is 10.8 Å². The molecule has 0 bridgehead atoms. The van der Waals surface area contributed by atoms with Crippen LogP contribution in [0.3, 0.4) is 0 Å². The molecule has 4 nitrogen and oxygen atoms in total. The van der Waals surface area contributed by atoms with Crippen molar-refractivity contribution >= 4 is 10.1 Å². The number of hydrogen-bond donors (Lipinski definition) is 0. The van der Waals surface area contributed by atoms with Crippen LogP contribution in [0.15, 0.2) is 95.9 Å². The molecule has 30 heavy (non-hydrogen) atoms. The van der Waals surface area contributed by atoms with Gasteiger partial charge in [-0.3, -0.25) is 0 Å². The maximum Gasteiger partial charge on any atom is 0.340 e. The van der Waals surface area contributed by atoms with E-state index < -0.39 is 10.1 Å². The molecule has 1 heterocycles. The molecule has 0 atom stereocenters. The second kappa shape index (κ2) is 8.13.